The number of piperidine rings is 1. The molecule has 6 aliphatic rings. The fourth-order valence-electron chi connectivity index (χ4n) is 11.6. The highest BCUT2D eigenvalue weighted by Gasteiger charge is 2.44. The smallest absolute Gasteiger partial charge is 0.255 e. The Balaban J connectivity index is 0.709. The van der Waals surface area contributed by atoms with E-state index in [1.54, 1.807) is 23.1 Å². The molecule has 0 spiro atoms. The molecule has 4 fully saturated rings. The third kappa shape index (κ3) is 7.05. The predicted molar refractivity (Wildman–Crippen MR) is 222 cm³/mol. The Bertz CT molecular complexity index is 2200. The van der Waals surface area contributed by atoms with Crippen molar-refractivity contribution >= 4 is 17.5 Å². The van der Waals surface area contributed by atoms with E-state index < -0.39 is 6.04 Å². The lowest BCUT2D eigenvalue weighted by atomic mass is 9.69. The van der Waals surface area contributed by atoms with Gasteiger partial charge in [0.05, 0.1) is 6.61 Å². The molecule has 2 saturated heterocycles. The Labute approximate surface area is 340 Å². The zero-order chi connectivity index (χ0) is 39.5. The van der Waals surface area contributed by atoms with E-state index in [-0.39, 0.29) is 29.5 Å². The highest BCUT2D eigenvalue weighted by molar-refractivity contribution is 6.01. The van der Waals surface area contributed by atoms with E-state index in [9.17, 15) is 19.1 Å². The lowest BCUT2D eigenvalue weighted by Crippen LogP contribution is -2.50. The van der Waals surface area contributed by atoms with Crippen LogP contribution < -0.4 is 15.0 Å². The normalized spacial score (nSPS) is 28.3. The molecule has 9 heteroatoms. The van der Waals surface area contributed by atoms with Gasteiger partial charge < -0.3 is 25.0 Å². The van der Waals surface area contributed by atoms with Gasteiger partial charge in [-0.1, -0.05) is 36.9 Å². The third-order valence-electron chi connectivity index (χ3n) is 14.5. The molecule has 2 amide bonds. The molecule has 5 atom stereocenters. The first-order chi connectivity index (χ1) is 28.2. The summed E-state index contributed by atoms with van der Waals surface area (Å²) in [5.74, 6) is 3.29. The van der Waals surface area contributed by atoms with Gasteiger partial charge in [0.15, 0.2) is 0 Å². The van der Waals surface area contributed by atoms with Crippen LogP contribution in [0.4, 0.5) is 10.1 Å². The van der Waals surface area contributed by atoms with Crippen molar-refractivity contribution < 1.29 is 23.8 Å². The van der Waals surface area contributed by atoms with Crippen molar-refractivity contribution in [2.24, 2.45) is 17.8 Å². The van der Waals surface area contributed by atoms with Crippen molar-refractivity contribution in [3.05, 3.63) is 136 Å². The van der Waals surface area contributed by atoms with Crippen molar-refractivity contribution in [1.82, 2.24) is 15.1 Å². The fourth-order valence-corrected chi connectivity index (χ4v) is 11.6. The number of hydrogen-bond acceptors (Lipinski definition) is 6. The number of anilines is 1. The molecule has 10 rings (SSSR count). The number of carbonyl (C=O) groups is 2. The maximum Gasteiger partial charge on any atom is 0.255 e. The van der Waals surface area contributed by atoms with Crippen LogP contribution in [0.25, 0.3) is 0 Å². The number of phenols is 1. The van der Waals surface area contributed by atoms with Gasteiger partial charge >= 0.3 is 0 Å². The van der Waals surface area contributed by atoms with Crippen LogP contribution in [0.5, 0.6) is 11.5 Å². The van der Waals surface area contributed by atoms with Crippen LogP contribution >= 0.6 is 0 Å². The number of ether oxygens (including phenoxy) is 1. The second-order valence-corrected chi connectivity index (χ2v) is 17.9. The van der Waals surface area contributed by atoms with E-state index in [0.717, 1.165) is 85.6 Å². The minimum absolute atomic E-state index is 0.0443. The third-order valence-corrected chi connectivity index (χ3v) is 14.5. The van der Waals surface area contributed by atoms with E-state index in [4.69, 9.17) is 4.74 Å². The molecule has 8 nitrogen and oxygen atoms in total. The number of fused-ring (bicyclic) bond motifs is 3. The van der Waals surface area contributed by atoms with Gasteiger partial charge in [-0.05, 0) is 157 Å². The lowest BCUT2D eigenvalue weighted by Gasteiger charge is -2.39. The van der Waals surface area contributed by atoms with E-state index in [1.807, 2.05) is 24.3 Å². The first kappa shape index (κ1) is 37.1. The molecule has 58 heavy (non-hydrogen) atoms. The number of allylic oxidation sites excluding steroid dienone is 1. The lowest BCUT2D eigenvalue weighted by molar-refractivity contribution is -0.126. The number of benzene rings is 4. The summed E-state index contributed by atoms with van der Waals surface area (Å²) in [6, 6.07) is 27.8. The fraction of sp³-hybridized carbons (Fsp3) is 0.429. The maximum atomic E-state index is 13.8. The van der Waals surface area contributed by atoms with Gasteiger partial charge in [0, 0.05) is 61.6 Å². The highest BCUT2D eigenvalue weighted by atomic mass is 19.1. The Kier molecular flexibility index (Phi) is 9.75. The number of carbonyl (C=O) groups excluding carboxylic acids is 2. The molecule has 4 aromatic carbocycles. The zero-order valence-corrected chi connectivity index (χ0v) is 33.1. The standard InChI is InChI=1S/C49H53FN4O4/c1-30-2-17-46(48(56)51-30)54-28-37-26-39(10-15-45(37)49(54)57)52-18-20-53(21-19-52)40-24-35-22-31(23-36(35)25-40)29-58-42-12-5-33(6-13-42)47-43(32-3-8-38(50)9-4-32)14-7-34-27-41(55)11-16-44(34)47/h3-6,8-13,15-16,26-27,31,35-36,40,43,46-47,55H,1-2,7,14,17-25,28-29H2,(H,51,56)/t31?,35?,36?,40?,43-,46?,47+/m1/s1. The van der Waals surface area contributed by atoms with Crippen LogP contribution in [-0.2, 0) is 17.8 Å². The zero-order valence-electron chi connectivity index (χ0n) is 33.1. The molecule has 4 aromatic rings. The molecule has 0 bridgehead atoms. The van der Waals surface area contributed by atoms with Crippen molar-refractivity contribution in [2.45, 2.75) is 81.8 Å². The summed E-state index contributed by atoms with van der Waals surface area (Å²) in [7, 11) is 0. The molecule has 2 N–H and O–H groups in total. The van der Waals surface area contributed by atoms with Gasteiger partial charge in [-0.25, -0.2) is 4.39 Å². The number of amides is 2. The minimum Gasteiger partial charge on any atom is -0.508 e. The summed E-state index contributed by atoms with van der Waals surface area (Å²) in [6.45, 7) is 9.20. The number of nitrogens with zero attached hydrogens (tertiary/aromatic N) is 3. The number of phenolic OH excluding ortho intramolecular Hbond substituents is 1. The second kappa shape index (κ2) is 15.2. The van der Waals surface area contributed by atoms with Gasteiger partial charge in [-0.2, -0.15) is 0 Å². The van der Waals surface area contributed by atoms with Gasteiger partial charge in [0.25, 0.3) is 5.91 Å². The van der Waals surface area contributed by atoms with E-state index in [1.165, 1.54) is 48.1 Å². The largest absolute Gasteiger partial charge is 0.508 e. The number of hydrogen-bond donors (Lipinski definition) is 2. The molecular weight excluding hydrogens is 728 g/mol. The summed E-state index contributed by atoms with van der Waals surface area (Å²) in [4.78, 5) is 32.8. The van der Waals surface area contributed by atoms with Crippen molar-refractivity contribution in [1.29, 1.82) is 0 Å². The van der Waals surface area contributed by atoms with Crippen LogP contribution in [0.15, 0.2) is 97.2 Å². The van der Waals surface area contributed by atoms with Gasteiger partial charge in [0.2, 0.25) is 5.91 Å². The first-order valence-electron chi connectivity index (χ1n) is 21.5. The molecule has 2 saturated carbocycles. The Morgan fingerprint density at radius 3 is 2.28 bits per heavy atom. The average molecular weight is 781 g/mol. The topological polar surface area (TPSA) is 85.4 Å². The van der Waals surface area contributed by atoms with E-state index in [0.29, 0.717) is 37.1 Å². The number of halogens is 1. The molecule has 300 valence electrons. The number of aromatic hydroxyl groups is 1. The van der Waals surface area contributed by atoms with Gasteiger partial charge in [-0.15, -0.1) is 0 Å². The summed E-state index contributed by atoms with van der Waals surface area (Å²) in [6.07, 6.45) is 8.20. The molecule has 3 unspecified atom stereocenters. The predicted octanol–water partition coefficient (Wildman–Crippen LogP) is 8.15. The number of rotatable bonds is 8. The monoisotopic (exact) mass is 780 g/mol. The SMILES string of the molecule is C=C1CCC(N2Cc3cc(N4CCN(C5CC6CC(COc7ccc([C@@H]8c9ccc(O)cc9CC[C@@H]8c8ccc(F)cc8)cc7)CC6C5)CC4)ccc3C2=O)C(=O)N1. The van der Waals surface area contributed by atoms with E-state index in [2.05, 4.69) is 64.2 Å². The highest BCUT2D eigenvalue weighted by Crippen LogP contribution is 2.49. The first-order valence-corrected chi connectivity index (χ1v) is 21.5. The minimum atomic E-state index is -0.432. The summed E-state index contributed by atoms with van der Waals surface area (Å²) >= 11 is 0. The van der Waals surface area contributed by atoms with Gasteiger partial charge in [0.1, 0.15) is 23.4 Å². The molecule has 3 aliphatic heterocycles. The van der Waals surface area contributed by atoms with Crippen LogP contribution in [0.1, 0.15) is 95.0 Å². The summed E-state index contributed by atoms with van der Waals surface area (Å²) in [5.41, 5.74) is 8.41. The molecule has 0 aromatic heterocycles. The van der Waals surface area contributed by atoms with Crippen molar-refractivity contribution in [2.75, 3.05) is 37.7 Å². The number of nitrogens with one attached hydrogen (secondary N) is 1. The molecular formula is C49H53FN4O4. The van der Waals surface area contributed by atoms with Gasteiger partial charge in [-0.3, -0.25) is 14.5 Å². The van der Waals surface area contributed by atoms with Crippen LogP contribution in [-0.4, -0.2) is 71.6 Å². The second-order valence-electron chi connectivity index (χ2n) is 17.9. The van der Waals surface area contributed by atoms with Crippen LogP contribution in [0.3, 0.4) is 0 Å². The maximum absolute atomic E-state index is 13.8. The summed E-state index contributed by atoms with van der Waals surface area (Å²) < 4.78 is 20.3. The van der Waals surface area contributed by atoms with E-state index >= 15 is 0 Å². The quantitative estimate of drug-likeness (QED) is 0.188. The van der Waals surface area contributed by atoms with Crippen molar-refractivity contribution in [3.8, 4) is 11.5 Å². The average Bonchev–Trinajstić information content (AvgIpc) is 3.92. The Morgan fingerprint density at radius 1 is 0.793 bits per heavy atom. The van der Waals surface area contributed by atoms with Crippen LogP contribution in [0.2, 0.25) is 0 Å². The number of piperazine rings is 1. The molecule has 0 radical (unpaired) electrons. The summed E-state index contributed by atoms with van der Waals surface area (Å²) in [5, 5.41) is 13.0. The van der Waals surface area contributed by atoms with Crippen molar-refractivity contribution in [3.63, 3.8) is 0 Å². The number of aryl methyl sites for hydroxylation is 1. The molecule has 3 aliphatic carbocycles. The Hall–Kier alpha value is -5.15. The Morgan fingerprint density at radius 2 is 1.53 bits per heavy atom. The van der Waals surface area contributed by atoms with Crippen LogP contribution in [0, 0.1) is 23.6 Å². The molecule has 3 heterocycles.